The maximum atomic E-state index is 9.10. The molecule has 0 saturated heterocycles. The van der Waals surface area contributed by atoms with Gasteiger partial charge in [0.1, 0.15) is 0 Å². The van der Waals surface area contributed by atoms with Crippen LogP contribution in [-0.4, -0.2) is 17.7 Å². The lowest BCUT2D eigenvalue weighted by Gasteiger charge is -2.18. The first kappa shape index (κ1) is 14.6. The molecule has 0 atom stereocenters. The molecule has 0 fully saturated rings. The molecule has 0 aliphatic rings. The maximum Gasteiger partial charge on any atom is 0.0998 e. The van der Waals surface area contributed by atoms with Crippen molar-refractivity contribution in [3.05, 3.63) is 36.0 Å². The normalized spacial score (nSPS) is 11.7. The first-order chi connectivity index (χ1) is 9.51. The number of aromatic nitrogens is 1. The van der Waals surface area contributed by atoms with Crippen molar-refractivity contribution < 1.29 is 0 Å². The second-order valence-corrected chi connectivity index (χ2v) is 6.42. The average Bonchev–Trinajstić information content (AvgIpc) is 2.80. The lowest BCUT2D eigenvalue weighted by atomic mass is 9.92. The molecule has 1 aromatic heterocycles. The van der Waals surface area contributed by atoms with E-state index >= 15 is 0 Å². The number of nitrogens with one attached hydrogen (secondary N) is 1. The van der Waals surface area contributed by atoms with Gasteiger partial charge < -0.3 is 9.88 Å². The fraction of sp³-hybridized carbons (Fsp3) is 0.471. The number of nitriles is 1. The van der Waals surface area contributed by atoms with E-state index in [1.54, 1.807) is 0 Å². The second kappa shape index (κ2) is 6.11. The fourth-order valence-electron chi connectivity index (χ4n) is 2.30. The van der Waals surface area contributed by atoms with E-state index in [0.717, 1.165) is 36.1 Å². The highest BCUT2D eigenvalue weighted by Crippen LogP contribution is 2.19. The Balaban J connectivity index is 1.93. The lowest BCUT2D eigenvalue weighted by Crippen LogP contribution is -2.24. The van der Waals surface area contributed by atoms with Crippen molar-refractivity contribution in [3.8, 4) is 6.07 Å². The predicted molar refractivity (Wildman–Crippen MR) is 83.6 cm³/mol. The fourth-order valence-corrected chi connectivity index (χ4v) is 2.30. The number of hydrogen-bond acceptors (Lipinski definition) is 2. The molecule has 0 spiro atoms. The predicted octanol–water partition coefficient (Wildman–Crippen LogP) is 3.54. The summed E-state index contributed by atoms with van der Waals surface area (Å²) in [7, 11) is 0. The molecule has 0 aliphatic heterocycles. The quantitative estimate of drug-likeness (QED) is 0.843. The Morgan fingerprint density at radius 1 is 1.20 bits per heavy atom. The average molecular weight is 269 g/mol. The molecule has 1 N–H and O–H groups in total. The molecule has 106 valence electrons. The van der Waals surface area contributed by atoms with E-state index in [1.807, 2.05) is 18.2 Å². The van der Waals surface area contributed by atoms with E-state index in [-0.39, 0.29) is 0 Å². The molecule has 1 heterocycles. The van der Waals surface area contributed by atoms with Gasteiger partial charge in [-0.3, -0.25) is 0 Å². The van der Waals surface area contributed by atoms with E-state index < -0.39 is 0 Å². The summed E-state index contributed by atoms with van der Waals surface area (Å²) in [5.74, 6) is 0. The molecule has 3 heteroatoms. The van der Waals surface area contributed by atoms with E-state index in [2.05, 4.69) is 49.0 Å². The molecular formula is C17H23N3. The zero-order valence-electron chi connectivity index (χ0n) is 12.6. The number of rotatable bonds is 5. The highest BCUT2D eigenvalue weighted by Gasteiger charge is 2.09. The van der Waals surface area contributed by atoms with E-state index in [0.29, 0.717) is 5.41 Å². The smallest absolute Gasteiger partial charge is 0.0998 e. The molecule has 0 radical (unpaired) electrons. The Morgan fingerprint density at radius 2 is 2.00 bits per heavy atom. The molecule has 0 amide bonds. The zero-order valence-corrected chi connectivity index (χ0v) is 12.6. The molecule has 20 heavy (non-hydrogen) atoms. The van der Waals surface area contributed by atoms with Crippen LogP contribution >= 0.6 is 0 Å². The van der Waals surface area contributed by atoms with Gasteiger partial charge in [0.2, 0.25) is 0 Å². The summed E-state index contributed by atoms with van der Waals surface area (Å²) in [5, 5.41) is 13.6. The van der Waals surface area contributed by atoms with Gasteiger partial charge in [0.15, 0.2) is 0 Å². The highest BCUT2D eigenvalue weighted by molar-refractivity contribution is 5.85. The summed E-state index contributed by atoms with van der Waals surface area (Å²) in [6.07, 6.45) is 3.24. The summed E-state index contributed by atoms with van der Waals surface area (Å²) in [6.45, 7) is 9.72. The van der Waals surface area contributed by atoms with Crippen molar-refractivity contribution in [3.63, 3.8) is 0 Å². The first-order valence-corrected chi connectivity index (χ1v) is 7.20. The molecular weight excluding hydrogens is 246 g/mol. The Morgan fingerprint density at radius 3 is 2.70 bits per heavy atom. The van der Waals surface area contributed by atoms with Gasteiger partial charge in [-0.2, -0.15) is 5.26 Å². The monoisotopic (exact) mass is 269 g/mol. The van der Waals surface area contributed by atoms with Gasteiger partial charge in [0.25, 0.3) is 0 Å². The summed E-state index contributed by atoms with van der Waals surface area (Å²) in [4.78, 5) is 0. The summed E-state index contributed by atoms with van der Waals surface area (Å²) < 4.78 is 2.21. The second-order valence-electron chi connectivity index (χ2n) is 6.42. The van der Waals surface area contributed by atoms with Crippen LogP contribution in [0.3, 0.4) is 0 Å². The van der Waals surface area contributed by atoms with Crippen molar-refractivity contribution in [2.75, 3.05) is 13.1 Å². The molecule has 2 rings (SSSR count). The van der Waals surface area contributed by atoms with Crippen molar-refractivity contribution in [1.82, 2.24) is 9.88 Å². The minimum Gasteiger partial charge on any atom is -0.346 e. The third-order valence-corrected chi connectivity index (χ3v) is 3.52. The van der Waals surface area contributed by atoms with E-state index in [4.69, 9.17) is 5.26 Å². The lowest BCUT2D eigenvalue weighted by molar-refractivity contribution is 0.365. The summed E-state index contributed by atoms with van der Waals surface area (Å²) >= 11 is 0. The SMILES string of the molecule is CC(C)(C)CCNCCn1ccc2c(C#N)cccc21. The van der Waals surface area contributed by atoms with Crippen LogP contribution < -0.4 is 5.32 Å². The highest BCUT2D eigenvalue weighted by atomic mass is 15.0. The maximum absolute atomic E-state index is 9.10. The molecule has 0 unspecified atom stereocenters. The zero-order chi connectivity index (χ0) is 14.6. The van der Waals surface area contributed by atoms with Gasteiger partial charge in [-0.1, -0.05) is 26.8 Å². The largest absolute Gasteiger partial charge is 0.346 e. The first-order valence-electron chi connectivity index (χ1n) is 7.20. The third-order valence-electron chi connectivity index (χ3n) is 3.52. The number of nitrogens with zero attached hydrogens (tertiary/aromatic N) is 2. The van der Waals surface area contributed by atoms with Gasteiger partial charge in [-0.15, -0.1) is 0 Å². The van der Waals surface area contributed by atoms with Gasteiger partial charge in [-0.05, 0) is 36.6 Å². The molecule has 0 bridgehead atoms. The van der Waals surface area contributed by atoms with Gasteiger partial charge in [0, 0.05) is 30.2 Å². The van der Waals surface area contributed by atoms with Crippen molar-refractivity contribution in [1.29, 1.82) is 5.26 Å². The molecule has 2 aromatic rings. The number of fused-ring (bicyclic) bond motifs is 1. The van der Waals surface area contributed by atoms with Crippen LogP contribution in [0, 0.1) is 16.7 Å². The van der Waals surface area contributed by atoms with Crippen LogP contribution in [0.5, 0.6) is 0 Å². The number of benzene rings is 1. The third kappa shape index (κ3) is 3.61. The van der Waals surface area contributed by atoms with Crippen molar-refractivity contribution in [2.24, 2.45) is 5.41 Å². The van der Waals surface area contributed by atoms with Crippen LogP contribution in [-0.2, 0) is 6.54 Å². The van der Waals surface area contributed by atoms with Crippen LogP contribution in [0.4, 0.5) is 0 Å². The van der Waals surface area contributed by atoms with Crippen LogP contribution in [0.25, 0.3) is 10.9 Å². The van der Waals surface area contributed by atoms with Crippen LogP contribution in [0.15, 0.2) is 30.5 Å². The van der Waals surface area contributed by atoms with E-state index in [1.165, 1.54) is 6.42 Å². The minimum atomic E-state index is 0.384. The van der Waals surface area contributed by atoms with Crippen molar-refractivity contribution >= 4 is 10.9 Å². The Bertz CT molecular complexity index is 611. The minimum absolute atomic E-state index is 0.384. The summed E-state index contributed by atoms with van der Waals surface area (Å²) in [6, 6.07) is 10.2. The van der Waals surface area contributed by atoms with E-state index in [9.17, 15) is 0 Å². The Labute approximate surface area is 121 Å². The topological polar surface area (TPSA) is 40.8 Å². The van der Waals surface area contributed by atoms with Gasteiger partial charge in [0.05, 0.1) is 11.6 Å². The standard InChI is InChI=1S/C17H23N3/c1-17(2,3)8-9-19-10-12-20-11-7-15-14(13-18)5-4-6-16(15)20/h4-7,11,19H,8-10,12H2,1-3H3. The van der Waals surface area contributed by atoms with Crippen LogP contribution in [0.2, 0.25) is 0 Å². The molecule has 0 saturated carbocycles. The Hall–Kier alpha value is -1.79. The molecule has 1 aromatic carbocycles. The van der Waals surface area contributed by atoms with Crippen LogP contribution in [0.1, 0.15) is 32.8 Å². The molecule has 0 aliphatic carbocycles. The van der Waals surface area contributed by atoms with Crippen molar-refractivity contribution in [2.45, 2.75) is 33.7 Å². The molecule has 3 nitrogen and oxygen atoms in total. The van der Waals surface area contributed by atoms with Gasteiger partial charge in [-0.25, -0.2) is 0 Å². The summed E-state index contributed by atoms with van der Waals surface area (Å²) in [5.41, 5.74) is 2.28. The van der Waals surface area contributed by atoms with Gasteiger partial charge >= 0.3 is 0 Å². The number of hydrogen-bond donors (Lipinski definition) is 1. The Kier molecular flexibility index (Phi) is 4.46.